The maximum atomic E-state index is 11.0. The summed E-state index contributed by atoms with van der Waals surface area (Å²) in [5.41, 5.74) is 6.06. The first kappa shape index (κ1) is 14.3. The lowest BCUT2D eigenvalue weighted by molar-refractivity contribution is -0.134. The lowest BCUT2D eigenvalue weighted by Gasteiger charge is -2.19. The van der Waals surface area contributed by atoms with Crippen molar-refractivity contribution in [2.45, 2.75) is 6.54 Å². The van der Waals surface area contributed by atoms with Crippen molar-refractivity contribution in [1.82, 2.24) is 5.01 Å². The summed E-state index contributed by atoms with van der Waals surface area (Å²) in [6.45, 7) is 0.220. The number of carboxylic acids is 1. The zero-order valence-corrected chi connectivity index (χ0v) is 11.3. The summed E-state index contributed by atoms with van der Waals surface area (Å²) in [5.74, 6) is 5.20. The van der Waals surface area contributed by atoms with Gasteiger partial charge in [-0.05, 0) is 33.6 Å². The van der Waals surface area contributed by atoms with E-state index in [-0.39, 0.29) is 16.8 Å². The molecule has 0 spiro atoms. The van der Waals surface area contributed by atoms with Gasteiger partial charge in [0.1, 0.15) is 10.4 Å². The van der Waals surface area contributed by atoms with E-state index in [1.807, 2.05) is 0 Å². The highest BCUT2D eigenvalue weighted by molar-refractivity contribution is 9.11. The van der Waals surface area contributed by atoms with Crippen molar-refractivity contribution in [1.29, 1.82) is 0 Å². The Hall–Kier alpha value is -1.73. The first-order valence-electron chi connectivity index (χ1n) is 4.99. The van der Waals surface area contributed by atoms with Crippen molar-refractivity contribution in [2.24, 2.45) is 11.6 Å². The van der Waals surface area contributed by atoms with Gasteiger partial charge in [-0.15, -0.1) is 0 Å². The van der Waals surface area contributed by atoms with Crippen LogP contribution >= 0.6 is 15.9 Å². The SMILES string of the molecule is COc1ccc(CN(N)/C(C(=O)O)=C(\N)Br)cc1. The highest BCUT2D eigenvalue weighted by atomic mass is 79.9. The smallest absolute Gasteiger partial charge is 0.356 e. The van der Waals surface area contributed by atoms with Crippen LogP contribution in [0.5, 0.6) is 5.75 Å². The molecule has 6 nitrogen and oxygen atoms in total. The first-order valence-corrected chi connectivity index (χ1v) is 5.78. The highest BCUT2D eigenvalue weighted by Crippen LogP contribution is 2.15. The molecule has 0 aromatic heterocycles. The van der Waals surface area contributed by atoms with E-state index < -0.39 is 5.97 Å². The maximum Gasteiger partial charge on any atom is 0.356 e. The molecule has 0 bridgehead atoms. The summed E-state index contributed by atoms with van der Waals surface area (Å²) >= 11 is 2.91. The number of carboxylic acid groups (broad SMARTS) is 1. The molecule has 98 valence electrons. The van der Waals surface area contributed by atoms with Gasteiger partial charge in [-0.2, -0.15) is 0 Å². The largest absolute Gasteiger partial charge is 0.497 e. The van der Waals surface area contributed by atoms with E-state index in [1.54, 1.807) is 31.4 Å². The molecule has 18 heavy (non-hydrogen) atoms. The standard InChI is InChI=1S/C11H14BrN3O3/c1-18-8-4-2-7(3-5-8)6-15(14)9(10(12)13)11(16)17/h2-5H,6,13-14H2,1H3,(H,16,17)/b10-9-. The summed E-state index contributed by atoms with van der Waals surface area (Å²) < 4.78 is 5.00. The van der Waals surface area contributed by atoms with E-state index >= 15 is 0 Å². The van der Waals surface area contributed by atoms with Gasteiger partial charge >= 0.3 is 5.97 Å². The van der Waals surface area contributed by atoms with Crippen LogP contribution in [-0.4, -0.2) is 23.2 Å². The molecule has 0 fully saturated rings. The van der Waals surface area contributed by atoms with Crippen LogP contribution in [0.25, 0.3) is 0 Å². The molecule has 1 aromatic carbocycles. The number of carbonyl (C=O) groups is 1. The molecular weight excluding hydrogens is 302 g/mol. The van der Waals surface area contributed by atoms with Gasteiger partial charge in [0.25, 0.3) is 0 Å². The molecule has 0 saturated carbocycles. The molecule has 0 heterocycles. The van der Waals surface area contributed by atoms with E-state index in [0.717, 1.165) is 16.3 Å². The van der Waals surface area contributed by atoms with Gasteiger partial charge in [-0.1, -0.05) is 12.1 Å². The van der Waals surface area contributed by atoms with E-state index in [1.165, 1.54) is 0 Å². The quantitative estimate of drug-likeness (QED) is 0.324. The van der Waals surface area contributed by atoms with Gasteiger partial charge in [-0.25, -0.2) is 10.6 Å². The minimum Gasteiger partial charge on any atom is -0.497 e. The Labute approximate surface area is 113 Å². The number of hydrogen-bond donors (Lipinski definition) is 3. The number of nitrogens with zero attached hydrogens (tertiary/aromatic N) is 1. The Morgan fingerprint density at radius 1 is 1.44 bits per heavy atom. The number of halogens is 1. The minimum atomic E-state index is -1.19. The normalized spacial score (nSPS) is 11.7. The number of nitrogens with two attached hydrogens (primary N) is 2. The fraction of sp³-hybridized carbons (Fsp3) is 0.182. The van der Waals surface area contributed by atoms with Crippen molar-refractivity contribution < 1.29 is 14.6 Å². The lowest BCUT2D eigenvalue weighted by atomic mass is 10.2. The van der Waals surface area contributed by atoms with Crippen LogP contribution in [-0.2, 0) is 11.3 Å². The Kier molecular flexibility index (Phi) is 4.99. The highest BCUT2D eigenvalue weighted by Gasteiger charge is 2.17. The van der Waals surface area contributed by atoms with Gasteiger partial charge in [0.2, 0.25) is 0 Å². The summed E-state index contributed by atoms with van der Waals surface area (Å²) in [6, 6.07) is 7.13. The number of hydrazine groups is 1. The predicted octanol–water partition coefficient (Wildman–Crippen LogP) is 0.978. The second-order valence-electron chi connectivity index (χ2n) is 3.48. The molecule has 0 atom stereocenters. The van der Waals surface area contributed by atoms with Crippen LogP contribution in [0.15, 0.2) is 34.6 Å². The van der Waals surface area contributed by atoms with Gasteiger partial charge < -0.3 is 15.6 Å². The number of aliphatic carboxylic acids is 1. The molecule has 7 heteroatoms. The third-order valence-electron chi connectivity index (χ3n) is 2.23. The van der Waals surface area contributed by atoms with Crippen LogP contribution in [0.2, 0.25) is 0 Å². The number of hydrogen-bond acceptors (Lipinski definition) is 5. The van der Waals surface area contributed by atoms with Crippen LogP contribution in [0.4, 0.5) is 0 Å². The van der Waals surface area contributed by atoms with E-state index in [9.17, 15) is 4.79 Å². The molecule has 0 aliphatic carbocycles. The average molecular weight is 316 g/mol. The fourth-order valence-electron chi connectivity index (χ4n) is 1.37. The zero-order chi connectivity index (χ0) is 13.7. The molecule has 1 rings (SSSR count). The third kappa shape index (κ3) is 3.64. The molecule has 0 unspecified atom stereocenters. The minimum absolute atomic E-state index is 0.0222. The summed E-state index contributed by atoms with van der Waals surface area (Å²) in [7, 11) is 1.57. The van der Waals surface area contributed by atoms with Crippen molar-refractivity contribution in [3.63, 3.8) is 0 Å². The molecule has 0 amide bonds. The molecule has 0 aliphatic rings. The summed E-state index contributed by atoms with van der Waals surface area (Å²) in [4.78, 5) is 11.0. The topological polar surface area (TPSA) is 102 Å². The maximum absolute atomic E-state index is 11.0. The van der Waals surface area contributed by atoms with Crippen molar-refractivity contribution in [3.05, 3.63) is 40.1 Å². The van der Waals surface area contributed by atoms with Crippen molar-refractivity contribution >= 4 is 21.9 Å². The second-order valence-corrected chi connectivity index (χ2v) is 4.33. The fourth-order valence-corrected chi connectivity index (χ4v) is 1.77. The van der Waals surface area contributed by atoms with Crippen LogP contribution in [0, 0.1) is 0 Å². The van der Waals surface area contributed by atoms with E-state index in [2.05, 4.69) is 15.9 Å². The number of benzene rings is 1. The zero-order valence-electron chi connectivity index (χ0n) is 9.76. The Morgan fingerprint density at radius 2 is 2.00 bits per heavy atom. The van der Waals surface area contributed by atoms with Crippen molar-refractivity contribution in [3.8, 4) is 5.75 Å². The van der Waals surface area contributed by atoms with Gasteiger partial charge in [0.05, 0.1) is 13.7 Å². The molecular formula is C11H14BrN3O3. The monoisotopic (exact) mass is 315 g/mol. The molecule has 1 aromatic rings. The third-order valence-corrected chi connectivity index (χ3v) is 2.60. The summed E-state index contributed by atoms with van der Waals surface area (Å²) in [6.07, 6.45) is 0. The van der Waals surface area contributed by atoms with Crippen molar-refractivity contribution in [2.75, 3.05) is 7.11 Å². The molecule has 5 N–H and O–H groups in total. The first-order chi connectivity index (χ1) is 8.45. The Bertz CT molecular complexity index is 455. The second kappa shape index (κ2) is 6.27. The summed E-state index contributed by atoms with van der Waals surface area (Å²) in [5, 5.41) is 10.0. The Morgan fingerprint density at radius 3 is 2.39 bits per heavy atom. The van der Waals surface area contributed by atoms with Gasteiger partial charge in [0.15, 0.2) is 5.70 Å². The lowest BCUT2D eigenvalue weighted by Crippen LogP contribution is -2.35. The van der Waals surface area contributed by atoms with Gasteiger partial charge in [-0.3, -0.25) is 5.01 Å². The predicted molar refractivity (Wildman–Crippen MR) is 70.5 cm³/mol. The van der Waals surface area contributed by atoms with Gasteiger partial charge in [0, 0.05) is 0 Å². The molecule has 0 radical (unpaired) electrons. The van der Waals surface area contributed by atoms with Crippen LogP contribution in [0.3, 0.4) is 0 Å². The molecule has 0 saturated heterocycles. The number of methoxy groups -OCH3 is 1. The van der Waals surface area contributed by atoms with E-state index in [0.29, 0.717) is 0 Å². The van der Waals surface area contributed by atoms with Crippen LogP contribution in [0.1, 0.15) is 5.56 Å². The number of ether oxygens (including phenoxy) is 1. The Balaban J connectivity index is 2.83. The van der Waals surface area contributed by atoms with Crippen LogP contribution < -0.4 is 16.3 Å². The molecule has 0 aliphatic heterocycles. The average Bonchev–Trinajstić information content (AvgIpc) is 2.28. The van der Waals surface area contributed by atoms with E-state index in [4.69, 9.17) is 21.4 Å². The number of rotatable bonds is 5.